The van der Waals surface area contributed by atoms with Crippen LogP contribution in [0.5, 0.6) is 5.75 Å². The molecule has 1 aromatic heterocycles. The molecule has 6 N–H and O–H groups in total. The lowest BCUT2D eigenvalue weighted by Crippen LogP contribution is -2.61. The summed E-state index contributed by atoms with van der Waals surface area (Å²) in [6, 6.07) is 3.35. The average Bonchev–Trinajstić information content (AvgIpc) is 3.55. The van der Waals surface area contributed by atoms with Gasteiger partial charge in [0.25, 0.3) is 0 Å². The number of aromatic nitrogens is 1. The van der Waals surface area contributed by atoms with E-state index >= 15 is 0 Å². The number of fused-ring (bicyclic) bond motifs is 6. The zero-order chi connectivity index (χ0) is 34.6. The number of carboxylic acids is 1. The Hall–Kier alpha value is -4.29. The number of benzene rings is 1. The van der Waals surface area contributed by atoms with E-state index in [2.05, 4.69) is 17.2 Å². The molecule has 0 unspecified atom stereocenters. The number of aromatic amines is 1. The van der Waals surface area contributed by atoms with Crippen LogP contribution >= 0.6 is 0 Å². The Morgan fingerprint density at radius 1 is 1.15 bits per heavy atom. The molecule has 1 amide bonds. The number of hydrogen-bond acceptors (Lipinski definition) is 9. The van der Waals surface area contributed by atoms with Gasteiger partial charge in [-0.2, -0.15) is 0 Å². The Bertz CT molecular complexity index is 1740. The fourth-order valence-corrected chi connectivity index (χ4v) is 9.36. The maximum Gasteiger partial charge on any atom is 0.326 e. The molecular weight excluding hydrogens is 620 g/mol. The lowest BCUT2D eigenvalue weighted by Gasteiger charge is -2.59. The van der Waals surface area contributed by atoms with Gasteiger partial charge in [-0.05, 0) is 79.9 Å². The van der Waals surface area contributed by atoms with Crippen molar-refractivity contribution in [2.75, 3.05) is 6.61 Å². The van der Waals surface area contributed by atoms with Gasteiger partial charge in [-0.25, -0.2) is 4.79 Å². The summed E-state index contributed by atoms with van der Waals surface area (Å²) in [5, 5.41) is 45.9. The molecule has 8 atom stereocenters. The van der Waals surface area contributed by atoms with Gasteiger partial charge < -0.3 is 35.5 Å². The lowest BCUT2D eigenvalue weighted by atomic mass is 9.46. The van der Waals surface area contributed by atoms with Crippen LogP contribution in [0.2, 0.25) is 0 Å². The Morgan fingerprint density at radius 2 is 1.92 bits per heavy atom. The molecule has 0 spiro atoms. The topological polar surface area (TPSA) is 203 Å². The van der Waals surface area contributed by atoms with Crippen LogP contribution in [-0.4, -0.2) is 79.2 Å². The molecule has 12 nitrogen and oxygen atoms in total. The minimum absolute atomic E-state index is 0.0153. The van der Waals surface area contributed by atoms with Crippen molar-refractivity contribution in [2.24, 2.45) is 28.6 Å². The predicted molar refractivity (Wildman–Crippen MR) is 171 cm³/mol. The molecule has 256 valence electrons. The molecule has 0 radical (unpaired) electrons. The molecule has 12 heteroatoms. The number of amides is 1. The molecule has 3 fully saturated rings. The molecule has 4 aliphatic rings. The third-order valence-corrected chi connectivity index (χ3v) is 11.8. The zero-order valence-electron chi connectivity index (χ0n) is 27.0. The van der Waals surface area contributed by atoms with Crippen molar-refractivity contribution in [3.05, 3.63) is 53.8 Å². The summed E-state index contributed by atoms with van der Waals surface area (Å²) < 4.78 is 5.20. The molecule has 1 heterocycles. The van der Waals surface area contributed by atoms with Gasteiger partial charge in [0.1, 0.15) is 17.4 Å². The number of rotatable bonds is 10. The molecule has 2 aromatic rings. The number of ketones is 2. The highest BCUT2D eigenvalue weighted by Crippen LogP contribution is 2.67. The van der Waals surface area contributed by atoms with Crippen LogP contribution in [0.4, 0.5) is 0 Å². The lowest BCUT2D eigenvalue weighted by molar-refractivity contribution is -0.181. The number of allylic oxidation sites excluding steroid dienone is 4. The van der Waals surface area contributed by atoms with E-state index in [9.17, 15) is 44.4 Å². The first-order valence-electron chi connectivity index (χ1n) is 16.5. The standard InChI is InChI=1S/C36H42N2O10/c1-34-11-9-22(40)14-20(34)3-5-23-25-10-12-36(47,35(25,2)16-28(41)32(23)34)29(42)18-48-31(44)8-7-30(43)38-27(33(45)46)13-19-17-37-26-6-4-21(39)15-24(19)26/h4,6,9,11,14-15,17,23,25,27-28,32,37,39,41,47H,3,5,7-8,10,12-13,16,18H2,1-2H3,(H,38,43)(H,45,46)/t23-,25-,27-,28-,32-,34-,35-,36-/m0/s1. The number of carbonyl (C=O) groups is 5. The molecule has 0 aliphatic heterocycles. The van der Waals surface area contributed by atoms with Gasteiger partial charge in [0, 0.05) is 46.7 Å². The fraction of sp³-hybridized carbons (Fsp3) is 0.528. The number of nitrogens with one attached hydrogen (secondary N) is 2. The first kappa shape index (κ1) is 33.6. The van der Waals surface area contributed by atoms with Crippen LogP contribution in [0.1, 0.15) is 64.4 Å². The van der Waals surface area contributed by atoms with E-state index in [1.807, 2.05) is 13.0 Å². The second-order valence-electron chi connectivity index (χ2n) is 14.4. The van der Waals surface area contributed by atoms with Gasteiger partial charge in [0.05, 0.1) is 12.5 Å². The third kappa shape index (κ3) is 5.64. The number of aliphatic hydroxyl groups excluding tert-OH is 1. The highest BCUT2D eigenvalue weighted by Gasteiger charge is 2.68. The summed E-state index contributed by atoms with van der Waals surface area (Å²) in [6.45, 7) is 3.19. The molecule has 3 saturated carbocycles. The minimum Gasteiger partial charge on any atom is -0.508 e. The number of carbonyl (C=O) groups excluding carboxylic acids is 4. The van der Waals surface area contributed by atoms with Crippen molar-refractivity contribution in [2.45, 2.75) is 83.0 Å². The summed E-state index contributed by atoms with van der Waals surface area (Å²) in [7, 11) is 0. The molecule has 48 heavy (non-hydrogen) atoms. The van der Waals surface area contributed by atoms with E-state index in [-0.39, 0.29) is 55.0 Å². The number of aliphatic hydroxyl groups is 2. The second kappa shape index (κ2) is 12.3. The van der Waals surface area contributed by atoms with E-state index in [1.54, 1.807) is 24.4 Å². The molecular formula is C36H42N2O10. The van der Waals surface area contributed by atoms with Crippen molar-refractivity contribution in [1.82, 2.24) is 10.3 Å². The number of carboxylic acid groups (broad SMARTS) is 1. The molecule has 0 saturated heterocycles. The minimum atomic E-state index is -1.81. The largest absolute Gasteiger partial charge is 0.508 e. The van der Waals surface area contributed by atoms with Crippen molar-refractivity contribution in [1.29, 1.82) is 0 Å². The number of aromatic hydroxyl groups is 1. The van der Waals surface area contributed by atoms with Gasteiger partial charge >= 0.3 is 11.9 Å². The number of ether oxygens (including phenoxy) is 1. The first-order chi connectivity index (χ1) is 22.7. The molecule has 4 aliphatic carbocycles. The number of H-pyrrole nitrogens is 1. The van der Waals surface area contributed by atoms with Crippen LogP contribution in [0.25, 0.3) is 10.9 Å². The second-order valence-corrected chi connectivity index (χ2v) is 14.4. The fourth-order valence-electron chi connectivity index (χ4n) is 9.36. The summed E-state index contributed by atoms with van der Waals surface area (Å²) in [5.41, 5.74) is -0.952. The highest BCUT2D eigenvalue weighted by molar-refractivity contribution is 6.01. The molecule has 1 aromatic carbocycles. The maximum absolute atomic E-state index is 13.5. The van der Waals surface area contributed by atoms with Crippen molar-refractivity contribution in [3.63, 3.8) is 0 Å². The third-order valence-electron chi connectivity index (χ3n) is 11.8. The quantitative estimate of drug-likeness (QED) is 0.205. The van der Waals surface area contributed by atoms with Crippen LogP contribution in [0.15, 0.2) is 48.2 Å². The van der Waals surface area contributed by atoms with E-state index in [0.717, 1.165) is 12.0 Å². The van der Waals surface area contributed by atoms with E-state index < -0.39 is 65.2 Å². The van der Waals surface area contributed by atoms with Crippen molar-refractivity contribution in [3.8, 4) is 5.75 Å². The number of Topliss-reactive ketones (excluding diaryl/α,β-unsaturated/α-hetero) is 1. The number of aliphatic carboxylic acids is 1. The maximum atomic E-state index is 13.5. The van der Waals surface area contributed by atoms with Gasteiger partial charge in [0.15, 0.2) is 12.4 Å². The van der Waals surface area contributed by atoms with Crippen molar-refractivity contribution >= 4 is 40.3 Å². The van der Waals surface area contributed by atoms with Crippen LogP contribution in [0, 0.1) is 28.6 Å². The van der Waals surface area contributed by atoms with Gasteiger partial charge in [0.2, 0.25) is 11.7 Å². The van der Waals surface area contributed by atoms with Crippen LogP contribution < -0.4 is 5.32 Å². The number of esters is 1. The van der Waals surface area contributed by atoms with E-state index in [4.69, 9.17) is 4.74 Å². The normalized spacial score (nSPS) is 32.8. The smallest absolute Gasteiger partial charge is 0.326 e. The summed E-state index contributed by atoms with van der Waals surface area (Å²) in [4.78, 5) is 65.6. The summed E-state index contributed by atoms with van der Waals surface area (Å²) >= 11 is 0. The Labute approximate surface area is 277 Å². The summed E-state index contributed by atoms with van der Waals surface area (Å²) in [6.07, 6.45) is 7.43. The van der Waals surface area contributed by atoms with Gasteiger partial charge in [-0.3, -0.25) is 19.2 Å². The van der Waals surface area contributed by atoms with E-state index in [0.29, 0.717) is 29.3 Å². The number of phenolic OH excluding ortho intramolecular Hbond substituents is 1. The highest BCUT2D eigenvalue weighted by atomic mass is 16.5. The Balaban J connectivity index is 1.03. The molecule has 0 bridgehead atoms. The molecule has 6 rings (SSSR count). The van der Waals surface area contributed by atoms with Crippen molar-refractivity contribution < 1.29 is 49.1 Å². The predicted octanol–water partition coefficient (Wildman–Crippen LogP) is 2.89. The monoisotopic (exact) mass is 662 g/mol. The number of hydrogen-bond donors (Lipinski definition) is 6. The number of phenols is 1. The van der Waals surface area contributed by atoms with Crippen LogP contribution in [0.3, 0.4) is 0 Å². The summed E-state index contributed by atoms with van der Waals surface area (Å²) in [5.74, 6) is -3.69. The SMILES string of the molecule is C[C@]12C=CC(=O)C=C1CC[C@@H]1[C@H]2[C@@H](O)C[C@@]2(C)[C@H]1CC[C@]2(O)C(=O)COC(=O)CCC(=O)N[C@@H](Cc1c[nH]c2ccc(O)cc12)C(=O)O. The first-order valence-corrected chi connectivity index (χ1v) is 16.5. The Morgan fingerprint density at radius 3 is 2.67 bits per heavy atom. The average molecular weight is 663 g/mol. The van der Waals surface area contributed by atoms with Crippen LogP contribution in [-0.2, 0) is 35.1 Å². The van der Waals surface area contributed by atoms with Gasteiger partial charge in [-0.15, -0.1) is 0 Å². The van der Waals surface area contributed by atoms with Gasteiger partial charge in [-0.1, -0.05) is 25.5 Å². The Kier molecular flexibility index (Phi) is 8.61. The van der Waals surface area contributed by atoms with E-state index in [1.165, 1.54) is 12.1 Å². The zero-order valence-corrected chi connectivity index (χ0v) is 27.0.